The van der Waals surface area contributed by atoms with Crippen molar-refractivity contribution in [2.75, 3.05) is 13.1 Å². The van der Waals surface area contributed by atoms with Gasteiger partial charge in [0.15, 0.2) is 0 Å². The van der Waals surface area contributed by atoms with Gasteiger partial charge in [-0.2, -0.15) is 0 Å². The Morgan fingerprint density at radius 3 is 2.73 bits per heavy atom. The summed E-state index contributed by atoms with van der Waals surface area (Å²) >= 11 is -0.223. The summed E-state index contributed by atoms with van der Waals surface area (Å²) < 4.78 is 10.4. The van der Waals surface area contributed by atoms with Crippen LogP contribution in [0.4, 0.5) is 4.79 Å². The molecule has 0 spiro atoms. The summed E-state index contributed by atoms with van der Waals surface area (Å²) in [7, 11) is 0. The van der Waals surface area contributed by atoms with E-state index < -0.39 is 17.8 Å². The van der Waals surface area contributed by atoms with E-state index >= 15 is 0 Å². The van der Waals surface area contributed by atoms with Crippen LogP contribution in [-0.4, -0.2) is 91.4 Å². The second kappa shape index (κ2) is 11.0. The molecule has 5 rings (SSSR count). The first kappa shape index (κ1) is 27.7. The fraction of sp³-hybridized carbons (Fsp3) is 0.444. The van der Waals surface area contributed by atoms with Gasteiger partial charge in [0.1, 0.15) is 0 Å². The van der Waals surface area contributed by atoms with Crippen LogP contribution < -0.4 is 4.35 Å². The van der Waals surface area contributed by atoms with Gasteiger partial charge in [-0.05, 0) is 20.8 Å². The number of pyridine rings is 2. The number of hydrogen-bond donors (Lipinski definition) is 1. The molecular formula is C27H31AsN9O3. The number of piperidine rings is 1. The van der Waals surface area contributed by atoms with E-state index in [-0.39, 0.29) is 28.3 Å². The molecule has 1 N–H and O–H groups in total. The van der Waals surface area contributed by atoms with Crippen molar-refractivity contribution < 1.29 is 14.6 Å². The number of β-amino-alcohol motifs (C(OH)–C–C–N with tert-alkyl or cyclic N) is 1. The average molecular weight is 605 g/mol. The first-order chi connectivity index (χ1) is 19.0. The number of carbonyl (C=O) groups is 1. The van der Waals surface area contributed by atoms with Gasteiger partial charge in [-0.15, -0.1) is 0 Å². The van der Waals surface area contributed by atoms with E-state index in [4.69, 9.17) is 4.74 Å². The summed E-state index contributed by atoms with van der Waals surface area (Å²) in [5.41, 5.74) is 2.07. The van der Waals surface area contributed by atoms with Crippen LogP contribution in [0.15, 0.2) is 36.9 Å². The molecule has 1 fully saturated rings. The molecule has 40 heavy (non-hydrogen) atoms. The second-order valence-corrected chi connectivity index (χ2v) is 14.7. The van der Waals surface area contributed by atoms with Crippen LogP contribution in [0.5, 0.6) is 0 Å². The Bertz CT molecular complexity index is 1580. The molecule has 5 heterocycles. The van der Waals surface area contributed by atoms with Crippen molar-refractivity contribution in [3.8, 4) is 23.1 Å². The van der Waals surface area contributed by atoms with E-state index in [0.717, 1.165) is 15.3 Å². The molecule has 2 atom stereocenters. The average Bonchev–Trinajstić information content (AvgIpc) is 3.54. The molecule has 1 amide bonds. The van der Waals surface area contributed by atoms with Gasteiger partial charge in [-0.3, -0.25) is 0 Å². The summed E-state index contributed by atoms with van der Waals surface area (Å²) in [6.45, 7) is 10.4. The molecule has 4 aromatic rings. The quantitative estimate of drug-likeness (QED) is 0.340. The van der Waals surface area contributed by atoms with E-state index in [1.807, 2.05) is 33.0 Å². The van der Waals surface area contributed by atoms with E-state index in [0.29, 0.717) is 40.4 Å². The molecule has 12 nitrogen and oxygen atoms in total. The number of fused-ring (bicyclic) bond motifs is 1. The zero-order valence-corrected chi connectivity index (χ0v) is 24.9. The summed E-state index contributed by atoms with van der Waals surface area (Å²) in [6, 6.07) is 5.57. The Balaban J connectivity index is 1.39. The number of likely N-dealkylation sites (tertiary alicyclic amines) is 1. The van der Waals surface area contributed by atoms with Crippen LogP contribution in [0.2, 0.25) is 4.71 Å². The third kappa shape index (κ3) is 5.86. The normalized spacial score (nSPS) is 18.1. The number of carbonyl (C=O) groups excluding carboxylic acids is 1. The predicted octanol–water partition coefficient (Wildman–Crippen LogP) is 2.65. The monoisotopic (exact) mass is 604 g/mol. The number of ether oxygens (including phenoxy) is 1. The van der Waals surface area contributed by atoms with Crippen molar-refractivity contribution in [1.29, 1.82) is 5.26 Å². The molecule has 2 unspecified atom stereocenters. The van der Waals surface area contributed by atoms with Gasteiger partial charge in [-0.1, -0.05) is 0 Å². The van der Waals surface area contributed by atoms with Gasteiger partial charge in [0.25, 0.3) is 0 Å². The number of aromatic nitrogens is 7. The summed E-state index contributed by atoms with van der Waals surface area (Å²) in [4.78, 5) is 23.1. The summed E-state index contributed by atoms with van der Waals surface area (Å²) in [5.74, 6) is 0.638. The predicted molar refractivity (Wildman–Crippen MR) is 148 cm³/mol. The number of nitriles is 1. The van der Waals surface area contributed by atoms with Crippen molar-refractivity contribution in [1.82, 2.24) is 39.6 Å². The number of amides is 1. The number of nitrogens with zero attached hydrogens (tertiary/aromatic N) is 9. The number of aliphatic hydroxyl groups is 1. The van der Waals surface area contributed by atoms with Crippen molar-refractivity contribution in [2.24, 2.45) is 0 Å². The molecule has 1 saturated heterocycles. The standard InChI is InChI=1S/C27H31AsN9O3/c1-16(2)28-20-9-24(37-25-18(12-32-37)8-17(10-29)11-31-25)30-13-19(20)21-14-36(34-33-21)22-6-7-35(15-23(22)38)26(39)40-27(3,4)5/h8-9,11-14,16,22-23,38H,6-7,15H2,1-5H3. The van der Waals surface area contributed by atoms with Crippen LogP contribution in [0.3, 0.4) is 0 Å². The minimum atomic E-state index is -0.806. The zero-order valence-electron chi connectivity index (χ0n) is 23.1. The van der Waals surface area contributed by atoms with Crippen LogP contribution in [0, 0.1) is 11.3 Å². The fourth-order valence-electron chi connectivity index (χ4n) is 4.56. The maximum atomic E-state index is 12.5. The molecule has 4 aromatic heterocycles. The molecular weight excluding hydrogens is 573 g/mol. The van der Waals surface area contributed by atoms with Gasteiger partial charge in [0.2, 0.25) is 0 Å². The van der Waals surface area contributed by atoms with Gasteiger partial charge in [0.05, 0.1) is 0 Å². The van der Waals surface area contributed by atoms with Gasteiger partial charge >= 0.3 is 218 Å². The molecule has 0 aliphatic carbocycles. The van der Waals surface area contributed by atoms with Crippen LogP contribution in [0.1, 0.15) is 52.6 Å². The van der Waals surface area contributed by atoms with E-state index in [9.17, 15) is 15.2 Å². The molecule has 207 valence electrons. The molecule has 13 heteroatoms. The Morgan fingerprint density at radius 2 is 2.02 bits per heavy atom. The number of aliphatic hydroxyl groups excluding tert-OH is 1. The van der Waals surface area contributed by atoms with Gasteiger partial charge < -0.3 is 0 Å². The first-order valence-corrected chi connectivity index (χ1v) is 15.1. The molecule has 0 aromatic carbocycles. The van der Waals surface area contributed by atoms with Gasteiger partial charge in [0, 0.05) is 0 Å². The summed E-state index contributed by atoms with van der Waals surface area (Å²) in [6.07, 6.45) is 6.13. The van der Waals surface area contributed by atoms with Crippen molar-refractivity contribution in [3.63, 3.8) is 0 Å². The van der Waals surface area contributed by atoms with E-state index in [1.54, 1.807) is 27.8 Å². The Kier molecular flexibility index (Phi) is 7.62. The maximum absolute atomic E-state index is 12.5. The first-order valence-electron chi connectivity index (χ1n) is 13.1. The van der Waals surface area contributed by atoms with Crippen LogP contribution in [-0.2, 0) is 4.74 Å². The Morgan fingerprint density at radius 1 is 1.23 bits per heavy atom. The Labute approximate surface area is 238 Å². The minimum absolute atomic E-state index is 0.163. The Hall–Kier alpha value is -3.81. The topological polar surface area (TPSA) is 148 Å². The van der Waals surface area contributed by atoms with Crippen LogP contribution >= 0.6 is 0 Å². The number of hydrogen-bond acceptors (Lipinski definition) is 9. The van der Waals surface area contributed by atoms with Crippen molar-refractivity contribution in [3.05, 3.63) is 42.5 Å². The molecule has 0 saturated carbocycles. The van der Waals surface area contributed by atoms with E-state index in [2.05, 4.69) is 45.3 Å². The van der Waals surface area contributed by atoms with E-state index in [1.165, 1.54) is 11.1 Å². The van der Waals surface area contributed by atoms with Crippen molar-refractivity contribution >= 4 is 37.2 Å². The van der Waals surface area contributed by atoms with Crippen molar-refractivity contribution in [2.45, 2.75) is 63.5 Å². The second-order valence-electron chi connectivity index (χ2n) is 11.0. The zero-order chi connectivity index (χ0) is 28.6. The number of rotatable bonds is 5. The third-order valence-corrected chi connectivity index (χ3v) is 8.79. The fourth-order valence-corrected chi connectivity index (χ4v) is 6.78. The molecule has 1 radical (unpaired) electrons. The van der Waals surface area contributed by atoms with Gasteiger partial charge in [-0.25, -0.2) is 0 Å². The molecule has 0 bridgehead atoms. The third-order valence-electron chi connectivity index (χ3n) is 6.34. The SMILES string of the molecule is CC(C)[As]c1cc(-n2ncc3cc(C#N)cnc32)ncc1-c1cn(C2CCN(C(=O)OC(C)(C)C)CC2O)nn1. The molecule has 1 aliphatic rings. The molecule has 1 aliphatic heterocycles. The van der Waals surface area contributed by atoms with Crippen LogP contribution in [0.25, 0.3) is 28.1 Å². The summed E-state index contributed by atoms with van der Waals surface area (Å²) in [5, 5.41) is 34.1.